The average molecular weight is 245 g/mol. The first-order chi connectivity index (χ1) is 7.15. The highest BCUT2D eigenvalue weighted by Gasteiger charge is 2.13. The summed E-state index contributed by atoms with van der Waals surface area (Å²) in [5.74, 6) is 1.25. The third kappa shape index (κ3) is 2.52. The van der Waals surface area contributed by atoms with Gasteiger partial charge in [0, 0.05) is 12.2 Å². The minimum absolute atomic E-state index is 0.346. The standard InChI is InChI=1S/C9H10Cl2N4/c1-5-3-13-9(14-5)15-8-7(11)2-6(10)4-12-8/h2,4-5H,3H2,1H3,(H2,12,13,14,15). The molecule has 1 aromatic heterocycles. The van der Waals surface area contributed by atoms with Crippen molar-refractivity contribution in [2.75, 3.05) is 11.9 Å². The van der Waals surface area contributed by atoms with E-state index in [1.165, 1.54) is 6.20 Å². The molecule has 1 aromatic rings. The second kappa shape index (κ2) is 4.24. The maximum atomic E-state index is 5.95. The van der Waals surface area contributed by atoms with Gasteiger partial charge in [-0.1, -0.05) is 23.2 Å². The van der Waals surface area contributed by atoms with Gasteiger partial charge in [0.05, 0.1) is 16.6 Å². The fraction of sp³-hybridized carbons (Fsp3) is 0.333. The van der Waals surface area contributed by atoms with E-state index in [0.717, 1.165) is 6.54 Å². The fourth-order valence-electron chi connectivity index (χ4n) is 1.25. The molecule has 1 aliphatic heterocycles. The van der Waals surface area contributed by atoms with Crippen molar-refractivity contribution < 1.29 is 0 Å². The summed E-state index contributed by atoms with van der Waals surface area (Å²) in [6, 6.07) is 1.98. The molecule has 0 spiro atoms. The van der Waals surface area contributed by atoms with Crippen molar-refractivity contribution >= 4 is 35.0 Å². The van der Waals surface area contributed by atoms with Crippen LogP contribution < -0.4 is 10.6 Å². The van der Waals surface area contributed by atoms with E-state index in [1.54, 1.807) is 6.07 Å². The van der Waals surface area contributed by atoms with Gasteiger partial charge in [-0.3, -0.25) is 4.99 Å². The van der Waals surface area contributed by atoms with Crippen LogP contribution in [-0.2, 0) is 0 Å². The molecule has 2 rings (SSSR count). The molecular weight excluding hydrogens is 235 g/mol. The highest BCUT2D eigenvalue weighted by molar-refractivity contribution is 6.36. The summed E-state index contributed by atoms with van der Waals surface area (Å²) in [4.78, 5) is 8.31. The molecule has 0 radical (unpaired) electrons. The zero-order valence-corrected chi connectivity index (χ0v) is 9.60. The van der Waals surface area contributed by atoms with E-state index in [-0.39, 0.29) is 0 Å². The van der Waals surface area contributed by atoms with Crippen molar-refractivity contribution in [2.24, 2.45) is 4.99 Å². The lowest BCUT2D eigenvalue weighted by atomic mass is 10.4. The second-order valence-corrected chi connectivity index (χ2v) is 4.19. The van der Waals surface area contributed by atoms with E-state index in [1.807, 2.05) is 0 Å². The molecule has 0 fully saturated rings. The molecule has 6 heteroatoms. The van der Waals surface area contributed by atoms with Gasteiger partial charge in [-0.15, -0.1) is 0 Å². The summed E-state index contributed by atoms with van der Waals surface area (Å²) in [7, 11) is 0. The summed E-state index contributed by atoms with van der Waals surface area (Å²) in [5, 5.41) is 7.15. The predicted molar refractivity (Wildman–Crippen MR) is 62.8 cm³/mol. The summed E-state index contributed by atoms with van der Waals surface area (Å²) >= 11 is 11.7. The van der Waals surface area contributed by atoms with Gasteiger partial charge in [0.15, 0.2) is 11.8 Å². The molecule has 0 saturated carbocycles. The van der Waals surface area contributed by atoms with Crippen LogP contribution in [0.4, 0.5) is 5.82 Å². The number of aromatic nitrogens is 1. The molecule has 1 atom stereocenters. The first-order valence-electron chi connectivity index (χ1n) is 4.54. The van der Waals surface area contributed by atoms with Gasteiger partial charge in [-0.05, 0) is 13.0 Å². The number of hydrogen-bond donors (Lipinski definition) is 2. The number of guanidine groups is 1. The minimum Gasteiger partial charge on any atom is -0.352 e. The first-order valence-corrected chi connectivity index (χ1v) is 5.30. The molecular formula is C9H10Cl2N4. The van der Waals surface area contributed by atoms with Crippen LogP contribution in [0.3, 0.4) is 0 Å². The van der Waals surface area contributed by atoms with Crippen LogP contribution in [0.25, 0.3) is 0 Å². The Hall–Kier alpha value is -1.00. The maximum Gasteiger partial charge on any atom is 0.197 e. The zero-order valence-electron chi connectivity index (χ0n) is 8.09. The summed E-state index contributed by atoms with van der Waals surface area (Å²) in [6.45, 7) is 2.81. The average Bonchev–Trinajstić information content (AvgIpc) is 2.56. The topological polar surface area (TPSA) is 49.3 Å². The second-order valence-electron chi connectivity index (χ2n) is 3.34. The lowest BCUT2D eigenvalue weighted by Gasteiger charge is -2.09. The Morgan fingerprint density at radius 2 is 2.33 bits per heavy atom. The molecule has 1 unspecified atom stereocenters. The number of hydrogen-bond acceptors (Lipinski definition) is 4. The lowest BCUT2D eigenvalue weighted by Crippen LogP contribution is -2.32. The quantitative estimate of drug-likeness (QED) is 0.796. The highest BCUT2D eigenvalue weighted by atomic mass is 35.5. The molecule has 0 bridgehead atoms. The van der Waals surface area contributed by atoms with Gasteiger partial charge in [0.2, 0.25) is 0 Å². The molecule has 2 N–H and O–H groups in total. The Bertz CT molecular complexity index is 405. The Morgan fingerprint density at radius 3 is 2.93 bits per heavy atom. The third-order valence-electron chi connectivity index (χ3n) is 1.95. The van der Waals surface area contributed by atoms with Crippen LogP contribution in [0.1, 0.15) is 6.92 Å². The number of pyridine rings is 1. The van der Waals surface area contributed by atoms with Crippen molar-refractivity contribution in [3.63, 3.8) is 0 Å². The third-order valence-corrected chi connectivity index (χ3v) is 2.45. The van der Waals surface area contributed by atoms with Crippen molar-refractivity contribution in [1.82, 2.24) is 10.3 Å². The summed E-state index contributed by atoms with van der Waals surface area (Å²) in [5.41, 5.74) is 0. The maximum absolute atomic E-state index is 5.95. The van der Waals surface area contributed by atoms with Gasteiger partial charge in [0.1, 0.15) is 0 Å². The van der Waals surface area contributed by atoms with Crippen LogP contribution in [0, 0.1) is 0 Å². The molecule has 15 heavy (non-hydrogen) atoms. The smallest absolute Gasteiger partial charge is 0.197 e. The lowest BCUT2D eigenvalue weighted by molar-refractivity contribution is 0.725. The Morgan fingerprint density at radius 1 is 1.53 bits per heavy atom. The Balaban J connectivity index is 2.11. The van der Waals surface area contributed by atoms with E-state index in [2.05, 4.69) is 27.5 Å². The molecule has 0 aromatic carbocycles. The van der Waals surface area contributed by atoms with Crippen LogP contribution >= 0.6 is 23.2 Å². The van der Waals surface area contributed by atoms with Crippen molar-refractivity contribution in [3.8, 4) is 0 Å². The largest absolute Gasteiger partial charge is 0.352 e. The fourth-order valence-corrected chi connectivity index (χ4v) is 1.67. The van der Waals surface area contributed by atoms with Crippen molar-refractivity contribution in [1.29, 1.82) is 0 Å². The monoisotopic (exact) mass is 244 g/mol. The number of nitrogens with zero attached hydrogens (tertiary/aromatic N) is 2. The van der Waals surface area contributed by atoms with Crippen LogP contribution in [0.2, 0.25) is 10.0 Å². The Kier molecular flexibility index (Phi) is 2.98. The normalized spacial score (nSPS) is 19.7. The number of aliphatic imine (C=N–C) groups is 1. The van der Waals surface area contributed by atoms with Gasteiger partial charge in [0.25, 0.3) is 0 Å². The Labute approximate surface area is 97.7 Å². The molecule has 0 saturated heterocycles. The predicted octanol–water partition coefficient (Wildman–Crippen LogP) is 2.15. The molecule has 0 aliphatic carbocycles. The van der Waals surface area contributed by atoms with Crippen molar-refractivity contribution in [2.45, 2.75) is 13.0 Å². The highest BCUT2D eigenvalue weighted by Crippen LogP contribution is 2.22. The van der Waals surface area contributed by atoms with Crippen LogP contribution in [0.5, 0.6) is 0 Å². The van der Waals surface area contributed by atoms with Gasteiger partial charge in [-0.2, -0.15) is 0 Å². The number of halogens is 2. The van der Waals surface area contributed by atoms with Gasteiger partial charge >= 0.3 is 0 Å². The minimum atomic E-state index is 0.346. The number of anilines is 1. The first kappa shape index (κ1) is 10.5. The number of rotatable bonds is 1. The number of nitrogens with one attached hydrogen (secondary N) is 2. The van der Waals surface area contributed by atoms with E-state index in [9.17, 15) is 0 Å². The van der Waals surface area contributed by atoms with E-state index < -0.39 is 0 Å². The summed E-state index contributed by atoms with van der Waals surface area (Å²) < 4.78 is 0. The molecule has 4 nitrogen and oxygen atoms in total. The SMILES string of the molecule is CC1CN=C(Nc2ncc(Cl)cc2Cl)N1. The molecule has 0 amide bonds. The van der Waals surface area contributed by atoms with E-state index >= 15 is 0 Å². The van der Waals surface area contributed by atoms with Crippen molar-refractivity contribution in [3.05, 3.63) is 22.3 Å². The van der Waals surface area contributed by atoms with Gasteiger partial charge in [-0.25, -0.2) is 4.98 Å². The molecule has 80 valence electrons. The van der Waals surface area contributed by atoms with E-state index in [4.69, 9.17) is 23.2 Å². The summed E-state index contributed by atoms with van der Waals surface area (Å²) in [6.07, 6.45) is 1.54. The van der Waals surface area contributed by atoms with Crippen LogP contribution in [-0.4, -0.2) is 23.5 Å². The molecule has 2 heterocycles. The van der Waals surface area contributed by atoms with E-state index in [0.29, 0.717) is 27.9 Å². The van der Waals surface area contributed by atoms with Crippen LogP contribution in [0.15, 0.2) is 17.3 Å². The molecule has 1 aliphatic rings. The zero-order chi connectivity index (χ0) is 10.8. The van der Waals surface area contributed by atoms with Gasteiger partial charge < -0.3 is 10.6 Å².